The molecule has 0 saturated carbocycles. The van der Waals surface area contributed by atoms with Gasteiger partial charge in [0.25, 0.3) is 0 Å². The number of ether oxygens (including phenoxy) is 1. The zero-order valence-electron chi connectivity index (χ0n) is 28.4. The third-order valence-corrected chi connectivity index (χ3v) is 8.91. The molecular formula is C38H68F3NO. The number of nitrogens with one attached hydrogen (secondary N) is 1. The molecule has 1 aromatic rings. The quantitative estimate of drug-likeness (QED) is 0.0874. The maximum Gasteiger partial charge on any atom is 0.428 e. The van der Waals surface area contributed by atoms with Gasteiger partial charge in [0.2, 0.25) is 5.60 Å². The number of rotatable bonds is 30. The van der Waals surface area contributed by atoms with Gasteiger partial charge < -0.3 is 10.1 Å². The first-order valence-corrected chi connectivity index (χ1v) is 18.5. The van der Waals surface area contributed by atoms with Gasteiger partial charge in [0.15, 0.2) is 0 Å². The summed E-state index contributed by atoms with van der Waals surface area (Å²) in [6.07, 6.45) is 22.7. The molecule has 0 saturated heterocycles. The van der Waals surface area contributed by atoms with Gasteiger partial charge in [-0.15, -0.1) is 0 Å². The molecule has 0 aliphatic rings. The molecule has 0 aromatic heterocycles. The predicted octanol–water partition coefficient (Wildman–Crippen LogP) is 14.0. The van der Waals surface area contributed by atoms with Gasteiger partial charge in [0, 0.05) is 12.2 Å². The molecule has 0 aliphatic carbocycles. The van der Waals surface area contributed by atoms with E-state index in [1.165, 1.54) is 96.3 Å². The van der Waals surface area contributed by atoms with Crippen LogP contribution in [0.15, 0.2) is 24.3 Å². The highest BCUT2D eigenvalue weighted by atomic mass is 19.4. The predicted molar refractivity (Wildman–Crippen MR) is 181 cm³/mol. The fraction of sp³-hybridized carbons (Fsp3) is 0.842. The van der Waals surface area contributed by atoms with E-state index in [-0.39, 0.29) is 12.8 Å². The molecule has 0 amide bonds. The van der Waals surface area contributed by atoms with Crippen LogP contribution >= 0.6 is 0 Å². The number of alkyl halides is 3. The van der Waals surface area contributed by atoms with Crippen molar-refractivity contribution >= 4 is 5.69 Å². The fourth-order valence-corrected chi connectivity index (χ4v) is 6.02. The summed E-state index contributed by atoms with van der Waals surface area (Å²) < 4.78 is 50.3. The molecule has 252 valence electrons. The first-order chi connectivity index (χ1) is 20.9. The molecule has 0 unspecified atom stereocenters. The van der Waals surface area contributed by atoms with E-state index < -0.39 is 11.8 Å². The maximum atomic E-state index is 14.8. The van der Waals surface area contributed by atoms with Crippen molar-refractivity contribution in [3.05, 3.63) is 24.3 Å². The molecular weight excluding hydrogens is 543 g/mol. The van der Waals surface area contributed by atoms with Gasteiger partial charge in [-0.2, -0.15) is 13.2 Å². The second-order valence-corrected chi connectivity index (χ2v) is 13.0. The Kier molecular flexibility index (Phi) is 23.9. The van der Waals surface area contributed by atoms with Crippen molar-refractivity contribution in [1.29, 1.82) is 0 Å². The third-order valence-electron chi connectivity index (χ3n) is 8.91. The van der Waals surface area contributed by atoms with E-state index in [9.17, 15) is 13.2 Å². The van der Waals surface area contributed by atoms with Gasteiger partial charge in [-0.3, -0.25) is 0 Å². The summed E-state index contributed by atoms with van der Waals surface area (Å²) in [7, 11) is 0. The van der Waals surface area contributed by atoms with Crippen LogP contribution in [0.5, 0.6) is 5.75 Å². The van der Waals surface area contributed by atoms with Crippen molar-refractivity contribution < 1.29 is 17.9 Å². The standard InChI is InChI=1S/C38H68F3NO/c1-4-7-10-13-16-19-22-25-32-37(38(39,40)41,33-26-23-20-17-14-11-8-5-2)43-36-30-28-35(29-31-36)42-34-27-24-21-18-15-12-9-6-3/h28-31,42H,4-27,32-34H2,1-3H3. The van der Waals surface area contributed by atoms with Crippen molar-refractivity contribution in [1.82, 2.24) is 0 Å². The summed E-state index contributed by atoms with van der Waals surface area (Å²) in [5, 5.41) is 3.43. The lowest BCUT2D eigenvalue weighted by Gasteiger charge is -2.36. The van der Waals surface area contributed by atoms with Gasteiger partial charge in [-0.25, -0.2) is 0 Å². The van der Waals surface area contributed by atoms with E-state index in [0.29, 0.717) is 18.6 Å². The average molecular weight is 612 g/mol. The molecule has 0 bridgehead atoms. The summed E-state index contributed by atoms with van der Waals surface area (Å²) in [6.45, 7) is 7.53. The van der Waals surface area contributed by atoms with Crippen LogP contribution in [0, 0.1) is 0 Å². The number of unbranched alkanes of at least 4 members (excludes halogenated alkanes) is 21. The highest BCUT2D eigenvalue weighted by Crippen LogP contribution is 2.43. The largest absolute Gasteiger partial charge is 0.478 e. The normalized spacial score (nSPS) is 12.1. The Labute approximate surface area is 264 Å². The summed E-state index contributed by atoms with van der Waals surface area (Å²) in [6, 6.07) is 7.18. The minimum atomic E-state index is -4.40. The molecule has 43 heavy (non-hydrogen) atoms. The average Bonchev–Trinajstić information content (AvgIpc) is 2.99. The highest BCUT2D eigenvalue weighted by molar-refractivity contribution is 5.46. The molecule has 0 spiro atoms. The fourth-order valence-electron chi connectivity index (χ4n) is 6.02. The Morgan fingerprint density at radius 3 is 1.21 bits per heavy atom. The van der Waals surface area contributed by atoms with Crippen LogP contribution in [-0.4, -0.2) is 18.3 Å². The van der Waals surface area contributed by atoms with Gasteiger partial charge in [-0.05, 0) is 56.4 Å². The van der Waals surface area contributed by atoms with E-state index in [4.69, 9.17) is 4.74 Å². The second-order valence-electron chi connectivity index (χ2n) is 13.0. The minimum absolute atomic E-state index is 0.0421. The molecule has 0 heterocycles. The van der Waals surface area contributed by atoms with Crippen molar-refractivity contribution in [2.45, 2.75) is 199 Å². The lowest BCUT2D eigenvalue weighted by atomic mass is 9.88. The molecule has 0 radical (unpaired) electrons. The van der Waals surface area contributed by atoms with E-state index >= 15 is 0 Å². The van der Waals surface area contributed by atoms with Crippen LogP contribution in [0.4, 0.5) is 18.9 Å². The summed E-state index contributed by atoms with van der Waals surface area (Å²) in [5.74, 6) is 0.328. The molecule has 1 aromatic carbocycles. The summed E-state index contributed by atoms with van der Waals surface area (Å²) in [4.78, 5) is 0. The van der Waals surface area contributed by atoms with Crippen LogP contribution in [0.1, 0.15) is 188 Å². The van der Waals surface area contributed by atoms with E-state index in [2.05, 4.69) is 26.1 Å². The van der Waals surface area contributed by atoms with Crippen LogP contribution < -0.4 is 10.1 Å². The Balaban J connectivity index is 2.66. The molecule has 2 nitrogen and oxygen atoms in total. The lowest BCUT2D eigenvalue weighted by molar-refractivity contribution is -0.254. The Bertz CT molecular complexity index is 714. The Morgan fingerprint density at radius 2 is 0.837 bits per heavy atom. The number of benzene rings is 1. The van der Waals surface area contributed by atoms with Gasteiger partial charge in [-0.1, -0.05) is 156 Å². The number of hydrogen-bond acceptors (Lipinski definition) is 2. The molecule has 1 rings (SSSR count). The third kappa shape index (κ3) is 19.6. The number of hydrogen-bond donors (Lipinski definition) is 1. The van der Waals surface area contributed by atoms with Crippen molar-refractivity contribution in [3.63, 3.8) is 0 Å². The topological polar surface area (TPSA) is 21.3 Å². The van der Waals surface area contributed by atoms with Gasteiger partial charge in [0.05, 0.1) is 0 Å². The maximum absolute atomic E-state index is 14.8. The van der Waals surface area contributed by atoms with Crippen LogP contribution in [0.2, 0.25) is 0 Å². The van der Waals surface area contributed by atoms with E-state index in [1.807, 2.05) is 12.1 Å². The van der Waals surface area contributed by atoms with Crippen molar-refractivity contribution in [2.24, 2.45) is 0 Å². The monoisotopic (exact) mass is 612 g/mol. The zero-order chi connectivity index (χ0) is 31.5. The highest BCUT2D eigenvalue weighted by Gasteiger charge is 2.56. The van der Waals surface area contributed by atoms with Crippen molar-refractivity contribution in [2.75, 3.05) is 11.9 Å². The molecule has 1 N–H and O–H groups in total. The number of anilines is 1. The summed E-state index contributed by atoms with van der Waals surface area (Å²) >= 11 is 0. The first kappa shape index (κ1) is 39.6. The van der Waals surface area contributed by atoms with Gasteiger partial charge in [0.1, 0.15) is 5.75 Å². The van der Waals surface area contributed by atoms with Crippen LogP contribution in [-0.2, 0) is 0 Å². The van der Waals surface area contributed by atoms with Gasteiger partial charge >= 0.3 is 6.18 Å². The SMILES string of the molecule is CCCCCCCCCCNc1ccc(OC(CCCCCCCCCC)(CCCCCCCCCC)C(F)(F)F)cc1. The van der Waals surface area contributed by atoms with E-state index in [0.717, 1.165) is 57.2 Å². The van der Waals surface area contributed by atoms with Crippen LogP contribution in [0.3, 0.4) is 0 Å². The number of halogens is 3. The zero-order valence-corrected chi connectivity index (χ0v) is 28.4. The molecule has 0 aliphatic heterocycles. The van der Waals surface area contributed by atoms with Crippen LogP contribution in [0.25, 0.3) is 0 Å². The second kappa shape index (κ2) is 25.9. The molecule has 0 fully saturated rings. The minimum Gasteiger partial charge on any atom is -0.478 e. The smallest absolute Gasteiger partial charge is 0.428 e. The molecule has 5 heteroatoms. The summed E-state index contributed by atoms with van der Waals surface area (Å²) in [5.41, 5.74) is -1.16. The first-order valence-electron chi connectivity index (χ1n) is 18.5. The Morgan fingerprint density at radius 1 is 0.488 bits per heavy atom. The van der Waals surface area contributed by atoms with E-state index in [1.54, 1.807) is 12.1 Å². The lowest BCUT2D eigenvalue weighted by Crippen LogP contribution is -2.50. The van der Waals surface area contributed by atoms with Crippen molar-refractivity contribution in [3.8, 4) is 5.75 Å². The molecule has 0 atom stereocenters. The Hall–Kier alpha value is -1.39.